The normalized spacial score (nSPS) is 10.3. The molecule has 2 rings (SSSR count). The molecule has 0 fully saturated rings. The lowest BCUT2D eigenvalue weighted by Crippen LogP contribution is -2.23. The van der Waals surface area contributed by atoms with Crippen LogP contribution < -0.4 is 20.2 Å². The van der Waals surface area contributed by atoms with Gasteiger partial charge in [-0.25, -0.2) is 0 Å². The summed E-state index contributed by atoms with van der Waals surface area (Å²) >= 11 is 5.15. The molecule has 3 N–H and O–H groups in total. The maximum Gasteiger partial charge on any atom is 0.191 e. The van der Waals surface area contributed by atoms with Gasteiger partial charge in [-0.05, 0) is 36.5 Å². The number of hydrazone groups is 1. The minimum absolute atomic E-state index is 0.0206. The lowest BCUT2D eigenvalue weighted by molar-refractivity contribution is 0.373. The maximum atomic E-state index is 9.94. The number of methoxy groups -OCH3 is 2. The molecule has 0 atom stereocenters. The largest absolute Gasteiger partial charge is 0.504 e. The zero-order valence-electron chi connectivity index (χ0n) is 12.7. The molecule has 0 radical (unpaired) electrons. The molecule has 120 valence electrons. The zero-order chi connectivity index (χ0) is 16.7. The van der Waals surface area contributed by atoms with Crippen molar-refractivity contribution in [1.29, 1.82) is 0 Å². The Morgan fingerprint density at radius 1 is 1.17 bits per heavy atom. The summed E-state index contributed by atoms with van der Waals surface area (Å²) < 4.78 is 10.2. The van der Waals surface area contributed by atoms with Gasteiger partial charge in [0.2, 0.25) is 0 Å². The Labute approximate surface area is 139 Å². The molecule has 0 saturated carbocycles. The van der Waals surface area contributed by atoms with E-state index in [0.29, 0.717) is 16.4 Å². The van der Waals surface area contributed by atoms with Crippen molar-refractivity contribution < 1.29 is 14.6 Å². The number of aromatic hydroxyl groups is 1. The van der Waals surface area contributed by atoms with Gasteiger partial charge in [0, 0.05) is 17.3 Å². The Kier molecular flexibility index (Phi) is 5.76. The first kappa shape index (κ1) is 16.6. The van der Waals surface area contributed by atoms with E-state index in [9.17, 15) is 5.11 Å². The summed E-state index contributed by atoms with van der Waals surface area (Å²) in [5.74, 6) is 1.13. The second kappa shape index (κ2) is 8.00. The first-order valence-electron chi connectivity index (χ1n) is 6.74. The fraction of sp³-hybridized carbons (Fsp3) is 0.125. The standard InChI is InChI=1S/C16H17N3O3S/c1-21-13-7-4-6-12(9-13)18-16(23)19-17-10-11-5-3-8-14(22-2)15(11)20/h3-10,20H,1-2H3,(H2,18,19,23)/b17-10+. The van der Waals surface area contributed by atoms with Gasteiger partial charge in [-0.1, -0.05) is 12.1 Å². The van der Waals surface area contributed by atoms with Gasteiger partial charge in [-0.3, -0.25) is 5.43 Å². The fourth-order valence-corrected chi connectivity index (χ4v) is 2.00. The van der Waals surface area contributed by atoms with Crippen LogP contribution in [0.5, 0.6) is 17.2 Å². The van der Waals surface area contributed by atoms with Crippen LogP contribution >= 0.6 is 12.2 Å². The van der Waals surface area contributed by atoms with Crippen molar-refractivity contribution in [3.63, 3.8) is 0 Å². The Balaban J connectivity index is 1.96. The number of hydrogen-bond acceptors (Lipinski definition) is 5. The number of ether oxygens (including phenoxy) is 2. The van der Waals surface area contributed by atoms with E-state index in [1.54, 1.807) is 25.3 Å². The van der Waals surface area contributed by atoms with Gasteiger partial charge >= 0.3 is 0 Å². The number of anilines is 1. The molecule has 0 bridgehead atoms. The maximum absolute atomic E-state index is 9.94. The molecule has 2 aromatic carbocycles. The van der Waals surface area contributed by atoms with E-state index >= 15 is 0 Å². The number of benzene rings is 2. The highest BCUT2D eigenvalue weighted by atomic mass is 32.1. The van der Waals surface area contributed by atoms with Crippen LogP contribution in [-0.2, 0) is 0 Å². The summed E-state index contributed by atoms with van der Waals surface area (Å²) in [5, 5.41) is 17.2. The van der Waals surface area contributed by atoms with Gasteiger partial charge < -0.3 is 19.9 Å². The number of nitrogens with one attached hydrogen (secondary N) is 2. The third kappa shape index (κ3) is 4.58. The van der Waals surface area contributed by atoms with Crippen molar-refractivity contribution in [2.45, 2.75) is 0 Å². The van der Waals surface area contributed by atoms with Crippen molar-refractivity contribution in [1.82, 2.24) is 5.43 Å². The van der Waals surface area contributed by atoms with Gasteiger partial charge in [0.1, 0.15) is 5.75 Å². The van der Waals surface area contributed by atoms with Crippen molar-refractivity contribution in [2.24, 2.45) is 5.10 Å². The molecule has 0 aliphatic heterocycles. The number of phenols is 1. The first-order valence-corrected chi connectivity index (χ1v) is 7.15. The summed E-state index contributed by atoms with van der Waals surface area (Å²) in [4.78, 5) is 0. The van der Waals surface area contributed by atoms with Gasteiger partial charge in [0.05, 0.1) is 20.4 Å². The molecule has 0 aliphatic rings. The van der Waals surface area contributed by atoms with Crippen molar-refractivity contribution in [2.75, 3.05) is 19.5 Å². The van der Waals surface area contributed by atoms with E-state index in [4.69, 9.17) is 21.7 Å². The third-order valence-corrected chi connectivity index (χ3v) is 3.14. The summed E-state index contributed by atoms with van der Waals surface area (Å²) in [6.07, 6.45) is 1.46. The monoisotopic (exact) mass is 331 g/mol. The summed E-state index contributed by atoms with van der Waals surface area (Å²) in [6, 6.07) is 12.5. The molecule has 0 aliphatic carbocycles. The van der Waals surface area contributed by atoms with E-state index in [0.717, 1.165) is 11.4 Å². The van der Waals surface area contributed by atoms with Crippen molar-refractivity contribution in [3.05, 3.63) is 48.0 Å². The topological polar surface area (TPSA) is 75.1 Å². The van der Waals surface area contributed by atoms with E-state index in [1.165, 1.54) is 13.3 Å². The van der Waals surface area contributed by atoms with Crippen LogP contribution in [0, 0.1) is 0 Å². The second-order valence-electron chi connectivity index (χ2n) is 4.45. The molecule has 23 heavy (non-hydrogen) atoms. The van der Waals surface area contributed by atoms with Crippen LogP contribution in [0.2, 0.25) is 0 Å². The molecule has 0 unspecified atom stereocenters. The number of thiocarbonyl (C=S) groups is 1. The van der Waals surface area contributed by atoms with Crippen LogP contribution in [0.4, 0.5) is 5.69 Å². The number of hydrogen-bond donors (Lipinski definition) is 3. The van der Waals surface area contributed by atoms with Gasteiger partial charge in [-0.15, -0.1) is 0 Å². The smallest absolute Gasteiger partial charge is 0.191 e. The molecule has 0 amide bonds. The molecular weight excluding hydrogens is 314 g/mol. The highest BCUT2D eigenvalue weighted by molar-refractivity contribution is 7.80. The fourth-order valence-electron chi connectivity index (χ4n) is 1.83. The summed E-state index contributed by atoms with van der Waals surface area (Å²) in [5.41, 5.74) is 3.97. The predicted molar refractivity (Wildman–Crippen MR) is 94.6 cm³/mol. The van der Waals surface area contributed by atoms with E-state index in [1.807, 2.05) is 24.3 Å². The summed E-state index contributed by atoms with van der Waals surface area (Å²) in [7, 11) is 3.09. The lowest BCUT2D eigenvalue weighted by atomic mass is 10.2. The number of nitrogens with zero attached hydrogens (tertiary/aromatic N) is 1. The average Bonchev–Trinajstić information content (AvgIpc) is 2.56. The first-order chi connectivity index (χ1) is 11.1. The summed E-state index contributed by atoms with van der Waals surface area (Å²) in [6.45, 7) is 0. The minimum atomic E-state index is 0.0206. The molecule has 7 heteroatoms. The van der Waals surface area contributed by atoms with Crippen LogP contribution in [0.3, 0.4) is 0 Å². The quantitative estimate of drug-likeness (QED) is 0.444. The Hall–Kier alpha value is -2.80. The SMILES string of the molecule is COc1cccc(NC(=S)N/N=C/c2cccc(OC)c2O)c1. The van der Waals surface area contributed by atoms with Crippen molar-refractivity contribution >= 4 is 29.2 Å². The molecule has 2 aromatic rings. The minimum Gasteiger partial charge on any atom is -0.504 e. The van der Waals surface area contributed by atoms with E-state index < -0.39 is 0 Å². The van der Waals surface area contributed by atoms with Crippen LogP contribution in [0.25, 0.3) is 0 Å². The molecule has 6 nitrogen and oxygen atoms in total. The molecular formula is C16H17N3O3S. The lowest BCUT2D eigenvalue weighted by Gasteiger charge is -2.08. The Bertz CT molecular complexity index is 719. The highest BCUT2D eigenvalue weighted by Crippen LogP contribution is 2.27. The van der Waals surface area contributed by atoms with Crippen LogP contribution in [0.15, 0.2) is 47.6 Å². The third-order valence-electron chi connectivity index (χ3n) is 2.95. The Morgan fingerprint density at radius 3 is 2.70 bits per heavy atom. The second-order valence-corrected chi connectivity index (χ2v) is 4.86. The average molecular weight is 331 g/mol. The van der Waals surface area contributed by atoms with E-state index in [-0.39, 0.29) is 5.75 Å². The van der Waals surface area contributed by atoms with Gasteiger partial charge in [-0.2, -0.15) is 5.10 Å². The highest BCUT2D eigenvalue weighted by Gasteiger charge is 2.04. The van der Waals surface area contributed by atoms with E-state index in [2.05, 4.69) is 15.8 Å². The predicted octanol–water partition coefficient (Wildman–Crippen LogP) is 2.73. The number of para-hydroxylation sites is 1. The van der Waals surface area contributed by atoms with Crippen LogP contribution in [-0.4, -0.2) is 30.7 Å². The van der Waals surface area contributed by atoms with Gasteiger partial charge in [0.15, 0.2) is 16.6 Å². The molecule has 0 spiro atoms. The van der Waals surface area contributed by atoms with Crippen molar-refractivity contribution in [3.8, 4) is 17.2 Å². The molecule has 0 aromatic heterocycles. The number of rotatable bonds is 5. The molecule has 0 saturated heterocycles. The Morgan fingerprint density at radius 2 is 1.96 bits per heavy atom. The zero-order valence-corrected chi connectivity index (χ0v) is 13.6. The van der Waals surface area contributed by atoms with Crippen LogP contribution in [0.1, 0.15) is 5.56 Å². The molecule has 0 heterocycles. The van der Waals surface area contributed by atoms with Gasteiger partial charge in [0.25, 0.3) is 0 Å². The number of phenolic OH excluding ortho intramolecular Hbond substituents is 1.